The van der Waals surface area contributed by atoms with Crippen molar-refractivity contribution in [3.05, 3.63) is 57.6 Å². The summed E-state index contributed by atoms with van der Waals surface area (Å²) in [5, 5.41) is 10.6. The van der Waals surface area contributed by atoms with E-state index >= 15 is 0 Å². The minimum atomic E-state index is -0.245. The second-order valence-electron chi connectivity index (χ2n) is 7.44. The number of nitrogens with zero attached hydrogens (tertiary/aromatic N) is 3. The molecule has 0 saturated heterocycles. The van der Waals surface area contributed by atoms with Crippen LogP contribution in [-0.2, 0) is 6.42 Å². The second kappa shape index (κ2) is 8.26. The van der Waals surface area contributed by atoms with E-state index in [4.69, 9.17) is 0 Å². The van der Waals surface area contributed by atoms with Crippen LogP contribution in [0.2, 0.25) is 0 Å². The number of aryl methyl sites for hydroxylation is 1. The van der Waals surface area contributed by atoms with Gasteiger partial charge in [0.2, 0.25) is 0 Å². The molecule has 0 fully saturated rings. The molecule has 0 saturated carbocycles. The number of anilines is 2. The van der Waals surface area contributed by atoms with Crippen molar-refractivity contribution in [1.82, 2.24) is 15.2 Å². The predicted octanol–water partition coefficient (Wildman–Crippen LogP) is 4.09. The quantitative estimate of drug-likeness (QED) is 0.574. The number of thiophene rings is 1. The molecule has 8 heteroatoms. The predicted molar refractivity (Wildman–Crippen MR) is 117 cm³/mol. The Balaban J connectivity index is 1.64. The highest BCUT2D eigenvalue weighted by Gasteiger charge is 2.24. The van der Waals surface area contributed by atoms with Crippen molar-refractivity contribution < 1.29 is 4.79 Å². The van der Waals surface area contributed by atoms with Crippen LogP contribution >= 0.6 is 11.3 Å². The van der Waals surface area contributed by atoms with Crippen molar-refractivity contribution in [2.45, 2.75) is 18.9 Å². The molecule has 2 aromatic heterocycles. The Morgan fingerprint density at radius 1 is 1.34 bits per heavy atom. The van der Waals surface area contributed by atoms with Gasteiger partial charge in [0, 0.05) is 36.6 Å². The molecule has 1 amide bonds. The minimum absolute atomic E-state index is 0.0954. The van der Waals surface area contributed by atoms with E-state index in [0.717, 1.165) is 52.0 Å². The summed E-state index contributed by atoms with van der Waals surface area (Å²) in [6, 6.07) is 7.64. The molecule has 3 aromatic rings. The number of carbonyl (C=O) groups is 1. The van der Waals surface area contributed by atoms with Crippen molar-refractivity contribution in [2.75, 3.05) is 32.5 Å². The van der Waals surface area contributed by atoms with Gasteiger partial charge in [0.25, 0.3) is 5.91 Å². The van der Waals surface area contributed by atoms with Crippen LogP contribution in [0.25, 0.3) is 10.1 Å². The van der Waals surface area contributed by atoms with Gasteiger partial charge in [0.15, 0.2) is 0 Å². The molecule has 2 heterocycles. The van der Waals surface area contributed by atoms with Gasteiger partial charge in [-0.15, -0.1) is 11.3 Å². The first kappa shape index (κ1) is 19.5. The zero-order valence-corrected chi connectivity index (χ0v) is 17.3. The molecule has 29 heavy (non-hydrogen) atoms. The van der Waals surface area contributed by atoms with Crippen molar-refractivity contribution in [3.8, 4) is 0 Å². The summed E-state index contributed by atoms with van der Waals surface area (Å²) in [6.45, 7) is 1.36. The van der Waals surface area contributed by atoms with Crippen molar-refractivity contribution >= 4 is 38.7 Å². The monoisotopic (exact) mass is 409 g/mol. The van der Waals surface area contributed by atoms with Crippen LogP contribution in [0.4, 0.5) is 11.4 Å². The van der Waals surface area contributed by atoms with Gasteiger partial charge >= 0.3 is 0 Å². The van der Waals surface area contributed by atoms with Gasteiger partial charge in [-0.3, -0.25) is 9.78 Å². The number of hydrogen-bond acceptors (Lipinski definition) is 7. The minimum Gasteiger partial charge on any atom is -0.354 e. The number of amides is 1. The molecule has 1 aromatic carbocycles. The summed E-state index contributed by atoms with van der Waals surface area (Å²) in [4.78, 5) is 30.7. The second-order valence-corrected chi connectivity index (χ2v) is 8.49. The maximum atomic E-state index is 12.8. The number of carbonyl (C=O) groups excluding carboxylic acids is 1. The number of likely N-dealkylation sites (N-methyl/N-ethyl adjacent to an activating group) is 1. The van der Waals surface area contributed by atoms with Crippen molar-refractivity contribution in [3.63, 3.8) is 0 Å². The number of fused-ring (bicyclic) bond motifs is 2. The average molecular weight is 410 g/mol. The highest BCUT2D eigenvalue weighted by molar-refractivity contribution is 7.21. The fraction of sp³-hybridized carbons (Fsp3) is 0.333. The Labute approximate surface area is 173 Å². The third-order valence-corrected chi connectivity index (χ3v) is 6.27. The normalized spacial score (nSPS) is 15.5. The zero-order chi connectivity index (χ0) is 20.4. The Hall–Kier alpha value is -2.84. The Morgan fingerprint density at radius 3 is 3.00 bits per heavy atom. The lowest BCUT2D eigenvalue weighted by Crippen LogP contribution is -2.31. The number of aromatic nitrogens is 1. The average Bonchev–Trinajstić information content (AvgIpc) is 3.29. The largest absolute Gasteiger partial charge is 0.354 e. The van der Waals surface area contributed by atoms with Crippen LogP contribution in [0.1, 0.15) is 33.3 Å². The van der Waals surface area contributed by atoms with E-state index in [2.05, 4.69) is 26.9 Å². The highest BCUT2D eigenvalue weighted by atomic mass is 32.1. The smallest absolute Gasteiger partial charge is 0.263 e. The highest BCUT2D eigenvalue weighted by Crippen LogP contribution is 2.39. The molecule has 0 bridgehead atoms. The number of hydrogen-bond donors (Lipinski definition) is 2. The molecule has 7 nitrogen and oxygen atoms in total. The van der Waals surface area contributed by atoms with Crippen LogP contribution in [0.5, 0.6) is 0 Å². The molecule has 4 rings (SSSR count). The van der Waals surface area contributed by atoms with Gasteiger partial charge < -0.3 is 15.5 Å². The topological polar surface area (TPSA) is 86.7 Å². The van der Waals surface area contributed by atoms with Crippen LogP contribution in [0, 0.1) is 4.91 Å². The van der Waals surface area contributed by atoms with Crippen molar-refractivity contribution in [1.29, 1.82) is 0 Å². The zero-order valence-electron chi connectivity index (χ0n) is 16.4. The van der Waals surface area contributed by atoms with E-state index in [1.54, 1.807) is 12.4 Å². The van der Waals surface area contributed by atoms with E-state index in [-0.39, 0.29) is 11.9 Å². The van der Waals surface area contributed by atoms with E-state index in [1.807, 2.05) is 37.2 Å². The number of pyridine rings is 1. The molecule has 0 spiro atoms. The summed E-state index contributed by atoms with van der Waals surface area (Å²) in [6.07, 6.45) is 5.12. The van der Waals surface area contributed by atoms with Gasteiger partial charge in [-0.2, -0.15) is 4.91 Å². The number of benzene rings is 1. The molecule has 0 aliphatic heterocycles. The Kier molecular flexibility index (Phi) is 5.55. The number of rotatable bonds is 7. The lowest BCUT2D eigenvalue weighted by atomic mass is 10.1. The molecule has 1 atom stereocenters. The molecule has 1 unspecified atom stereocenters. The van der Waals surface area contributed by atoms with Gasteiger partial charge in [0.05, 0.1) is 10.4 Å². The number of nitrogens with one attached hydrogen (secondary N) is 2. The first-order valence-electron chi connectivity index (χ1n) is 9.58. The molecular weight excluding hydrogens is 386 g/mol. The molecule has 2 N–H and O–H groups in total. The lowest BCUT2D eigenvalue weighted by molar-refractivity contribution is 0.0956. The van der Waals surface area contributed by atoms with Gasteiger partial charge in [-0.25, -0.2) is 0 Å². The maximum Gasteiger partial charge on any atom is 0.263 e. The maximum absolute atomic E-state index is 12.8. The lowest BCUT2D eigenvalue weighted by Gasteiger charge is -2.12. The van der Waals surface area contributed by atoms with Crippen LogP contribution in [-0.4, -0.2) is 43.0 Å². The van der Waals surface area contributed by atoms with Crippen LogP contribution in [0.3, 0.4) is 0 Å². The van der Waals surface area contributed by atoms with Gasteiger partial charge in [-0.05, 0) is 56.3 Å². The summed E-state index contributed by atoms with van der Waals surface area (Å²) in [5.74, 6) is -0.0954. The molecule has 1 aliphatic carbocycles. The van der Waals surface area contributed by atoms with E-state index < -0.39 is 0 Å². The standard InChI is InChI=1S/C21H23N5O2S/c1-26(2)10-9-23-21(27)20-19(16-7-8-22-12-18(16)29-20)24-14-4-5-15-13(11-14)3-6-17(15)25-28/h4-5,7-8,11-12,17,24H,3,6,9-10H2,1-2H3,(H,23,27). The summed E-state index contributed by atoms with van der Waals surface area (Å²) < 4.78 is 0.958. The number of nitroso groups, excluding NO2 is 1. The van der Waals surface area contributed by atoms with E-state index in [9.17, 15) is 9.70 Å². The summed E-state index contributed by atoms with van der Waals surface area (Å²) in [7, 11) is 3.95. The Morgan fingerprint density at radius 2 is 2.21 bits per heavy atom. The fourth-order valence-electron chi connectivity index (χ4n) is 3.64. The summed E-state index contributed by atoms with van der Waals surface area (Å²) in [5.41, 5.74) is 3.83. The SMILES string of the molecule is CN(C)CCNC(=O)c1sc2cnccc2c1Nc1ccc2c(c1)CCC2N=O. The first-order chi connectivity index (χ1) is 14.1. The van der Waals surface area contributed by atoms with Crippen molar-refractivity contribution in [2.24, 2.45) is 5.18 Å². The third-order valence-electron chi connectivity index (χ3n) is 5.13. The van der Waals surface area contributed by atoms with Gasteiger partial charge in [0.1, 0.15) is 10.9 Å². The van der Waals surface area contributed by atoms with Crippen LogP contribution < -0.4 is 10.6 Å². The summed E-state index contributed by atoms with van der Waals surface area (Å²) >= 11 is 1.43. The van der Waals surface area contributed by atoms with Gasteiger partial charge in [-0.1, -0.05) is 11.2 Å². The first-order valence-corrected chi connectivity index (χ1v) is 10.4. The molecule has 1 aliphatic rings. The van der Waals surface area contributed by atoms with E-state index in [1.165, 1.54) is 11.3 Å². The molecule has 0 radical (unpaired) electrons. The third kappa shape index (κ3) is 3.99. The van der Waals surface area contributed by atoms with Crippen LogP contribution in [0.15, 0.2) is 41.8 Å². The molecule has 150 valence electrons. The Bertz CT molecular complexity index is 1060. The fourth-order valence-corrected chi connectivity index (χ4v) is 4.68. The molecular formula is C21H23N5O2S. The van der Waals surface area contributed by atoms with E-state index in [0.29, 0.717) is 11.4 Å².